The molecule has 0 rings (SSSR count). The number of nitrogens with zero attached hydrogens (tertiary/aromatic N) is 1. The second kappa shape index (κ2) is 60.5. The monoisotopic (exact) mass is 1160 g/mol. The van der Waals surface area contributed by atoms with E-state index in [9.17, 15) is 19.0 Å². The summed E-state index contributed by atoms with van der Waals surface area (Å²) >= 11 is 0. The minimum atomic E-state index is -4.72. The molecule has 10 heteroatoms. The SMILES string of the molecule is CC/C=C\C/C=C\C/C=C\C/C=C\C/C=C\CCCCCCCCCCCCCC(=O)NC(COP(=O)([O-])OCC[N+](C)(C)C)C(/C=C\CCCCCCCCCCCC)OC(=O)CCC/C=C\C/C=C\C/C=C\C/C=C\CCCCC. The van der Waals surface area contributed by atoms with Gasteiger partial charge in [-0.15, -0.1) is 0 Å². The summed E-state index contributed by atoms with van der Waals surface area (Å²) < 4.78 is 30.3. The van der Waals surface area contributed by atoms with Gasteiger partial charge in [0.25, 0.3) is 7.82 Å². The lowest BCUT2D eigenvalue weighted by molar-refractivity contribution is -0.870. The molecular formula is C72H125N2O7P. The van der Waals surface area contributed by atoms with Gasteiger partial charge in [0.2, 0.25) is 5.91 Å². The highest BCUT2D eigenvalue weighted by atomic mass is 31.2. The van der Waals surface area contributed by atoms with Crippen molar-refractivity contribution >= 4 is 19.7 Å². The lowest BCUT2D eigenvalue weighted by Crippen LogP contribution is -2.47. The van der Waals surface area contributed by atoms with Crippen LogP contribution in [0, 0.1) is 0 Å². The molecule has 0 radical (unpaired) electrons. The Kier molecular flexibility index (Phi) is 57.9. The summed E-state index contributed by atoms with van der Waals surface area (Å²) in [5, 5.41) is 3.02. The van der Waals surface area contributed by atoms with Crippen molar-refractivity contribution in [2.24, 2.45) is 0 Å². The number of ether oxygens (including phenoxy) is 1. The van der Waals surface area contributed by atoms with E-state index in [0.717, 1.165) is 109 Å². The number of esters is 1. The summed E-state index contributed by atoms with van der Waals surface area (Å²) in [7, 11) is 1.14. The molecule has 1 N–H and O–H groups in total. The minimum absolute atomic E-state index is 0.0368. The zero-order valence-corrected chi connectivity index (χ0v) is 54.5. The van der Waals surface area contributed by atoms with Gasteiger partial charge >= 0.3 is 5.97 Å². The Hall–Kier alpha value is -3.59. The molecule has 0 aliphatic carbocycles. The standard InChI is InChI=1S/C72H125N2O7P/c1-7-10-13-16-19-22-25-28-30-32-33-34-35-36-37-38-39-40-41-43-44-46-49-52-55-58-61-64-71(75)73-69(68-80-82(77,78)79-67-66-74(4,5)6)70(63-60-57-54-51-48-27-24-21-18-15-12-9-3)81-72(76)65-62-59-56-53-50-47-45-42-31-29-26-23-20-17-14-11-8-2/h10,13,19-20,22-23,28-31,33-34,36-37,45,47,53,56,60,63,69-70H,7-9,11-12,14-18,21,24-27,32,35,38-44,46,48-52,54-55,57-59,61-62,64-68H2,1-6H3,(H-,73,75,77,78)/b13-10-,22-19-,23-20-,30-28-,31-29-,34-33-,37-36-,47-45-,56-53-,63-60-. The van der Waals surface area contributed by atoms with Crippen molar-refractivity contribution < 1.29 is 37.3 Å². The second-order valence-electron chi connectivity index (χ2n) is 23.2. The molecule has 0 saturated carbocycles. The molecule has 1 amide bonds. The lowest BCUT2D eigenvalue weighted by atomic mass is 10.0. The molecule has 0 aromatic heterocycles. The Morgan fingerprint density at radius 1 is 0.439 bits per heavy atom. The lowest BCUT2D eigenvalue weighted by Gasteiger charge is -2.30. The van der Waals surface area contributed by atoms with Crippen LogP contribution in [0.2, 0.25) is 0 Å². The van der Waals surface area contributed by atoms with Crippen LogP contribution in [-0.2, 0) is 27.9 Å². The number of quaternary nitrogens is 1. The fraction of sp³-hybridized carbons (Fsp3) is 0.694. The number of rotatable bonds is 59. The maximum absolute atomic E-state index is 13.6. The second-order valence-corrected chi connectivity index (χ2v) is 24.6. The predicted octanol–water partition coefficient (Wildman–Crippen LogP) is 20.4. The number of hydrogen-bond donors (Lipinski definition) is 1. The smallest absolute Gasteiger partial charge is 0.306 e. The summed E-state index contributed by atoms with van der Waals surface area (Å²) in [6.07, 6.45) is 84.7. The highest BCUT2D eigenvalue weighted by molar-refractivity contribution is 7.45. The van der Waals surface area contributed by atoms with Crippen molar-refractivity contribution in [1.82, 2.24) is 5.32 Å². The quantitative estimate of drug-likeness (QED) is 0.0212. The van der Waals surface area contributed by atoms with Crippen molar-refractivity contribution in [3.05, 3.63) is 122 Å². The molecular weight excluding hydrogens is 1040 g/mol. The van der Waals surface area contributed by atoms with E-state index in [1.54, 1.807) is 0 Å². The van der Waals surface area contributed by atoms with Gasteiger partial charge in [0.1, 0.15) is 19.3 Å². The van der Waals surface area contributed by atoms with Gasteiger partial charge in [-0.1, -0.05) is 265 Å². The van der Waals surface area contributed by atoms with E-state index in [2.05, 4.69) is 135 Å². The molecule has 0 saturated heterocycles. The summed E-state index contributed by atoms with van der Waals surface area (Å²) in [4.78, 5) is 40.1. The van der Waals surface area contributed by atoms with E-state index in [4.69, 9.17) is 13.8 Å². The Balaban J connectivity index is 5.17. The van der Waals surface area contributed by atoms with E-state index < -0.39 is 32.5 Å². The number of phosphoric acid groups is 1. The number of unbranched alkanes of at least 4 members (excludes halogenated alkanes) is 25. The molecule has 82 heavy (non-hydrogen) atoms. The highest BCUT2D eigenvalue weighted by Gasteiger charge is 2.27. The minimum Gasteiger partial charge on any atom is -0.756 e. The normalized spacial score (nSPS) is 14.4. The van der Waals surface area contributed by atoms with Gasteiger partial charge in [-0.2, -0.15) is 0 Å². The third kappa shape index (κ3) is 61.0. The molecule has 0 aromatic rings. The zero-order valence-electron chi connectivity index (χ0n) is 53.7. The maximum atomic E-state index is 13.6. The Bertz CT molecular complexity index is 1820. The molecule has 0 aromatic carbocycles. The first-order chi connectivity index (χ1) is 39.9. The van der Waals surface area contributed by atoms with Crippen LogP contribution in [0.3, 0.4) is 0 Å². The van der Waals surface area contributed by atoms with E-state index in [1.165, 1.54) is 122 Å². The average Bonchev–Trinajstić information content (AvgIpc) is 3.47. The number of carbonyl (C=O) groups is 2. The number of amides is 1. The van der Waals surface area contributed by atoms with Crippen LogP contribution in [0.5, 0.6) is 0 Å². The average molecular weight is 1160 g/mol. The van der Waals surface area contributed by atoms with E-state index in [-0.39, 0.29) is 18.9 Å². The van der Waals surface area contributed by atoms with Crippen LogP contribution in [-0.4, -0.2) is 69.4 Å². The fourth-order valence-corrected chi connectivity index (χ4v) is 9.73. The molecule has 3 atom stereocenters. The Labute approximate surface area is 505 Å². The number of hydrogen-bond acceptors (Lipinski definition) is 7. The molecule has 470 valence electrons. The van der Waals surface area contributed by atoms with Gasteiger partial charge in [-0.3, -0.25) is 14.2 Å². The summed E-state index contributed by atoms with van der Waals surface area (Å²) in [5.74, 6) is -0.614. The van der Waals surface area contributed by atoms with E-state index >= 15 is 0 Å². The Morgan fingerprint density at radius 2 is 0.793 bits per heavy atom. The Morgan fingerprint density at radius 3 is 1.22 bits per heavy atom. The predicted molar refractivity (Wildman–Crippen MR) is 353 cm³/mol. The fourth-order valence-electron chi connectivity index (χ4n) is 9.01. The van der Waals surface area contributed by atoms with Crippen LogP contribution in [0.25, 0.3) is 0 Å². The van der Waals surface area contributed by atoms with Crippen molar-refractivity contribution in [3.8, 4) is 0 Å². The summed E-state index contributed by atoms with van der Waals surface area (Å²) in [6.45, 7) is 6.66. The molecule has 0 fully saturated rings. The van der Waals surface area contributed by atoms with E-state index in [1.807, 2.05) is 33.3 Å². The molecule has 0 aliphatic heterocycles. The molecule has 0 heterocycles. The zero-order chi connectivity index (χ0) is 60.0. The van der Waals surface area contributed by atoms with Gasteiger partial charge in [-0.25, -0.2) is 0 Å². The van der Waals surface area contributed by atoms with Crippen LogP contribution in [0.1, 0.15) is 271 Å². The van der Waals surface area contributed by atoms with Crippen molar-refractivity contribution in [1.29, 1.82) is 0 Å². The third-order valence-electron chi connectivity index (χ3n) is 14.1. The van der Waals surface area contributed by atoms with Gasteiger partial charge in [0.15, 0.2) is 0 Å². The first kappa shape index (κ1) is 78.4. The van der Waals surface area contributed by atoms with Gasteiger partial charge < -0.3 is 28.5 Å². The van der Waals surface area contributed by atoms with Gasteiger partial charge in [0.05, 0.1) is 33.8 Å². The number of allylic oxidation sites excluding steroid dienone is 19. The molecule has 0 bridgehead atoms. The molecule has 3 unspecified atom stereocenters. The van der Waals surface area contributed by atoms with Gasteiger partial charge in [0, 0.05) is 12.8 Å². The maximum Gasteiger partial charge on any atom is 0.306 e. The van der Waals surface area contributed by atoms with Crippen molar-refractivity contribution in [2.75, 3.05) is 40.9 Å². The molecule has 0 spiro atoms. The number of carbonyl (C=O) groups excluding carboxylic acids is 2. The van der Waals surface area contributed by atoms with Crippen LogP contribution in [0.4, 0.5) is 0 Å². The number of nitrogens with one attached hydrogen (secondary N) is 1. The summed E-state index contributed by atoms with van der Waals surface area (Å²) in [5.41, 5.74) is 0. The van der Waals surface area contributed by atoms with Gasteiger partial charge in [-0.05, 0) is 115 Å². The van der Waals surface area contributed by atoms with Crippen LogP contribution >= 0.6 is 7.82 Å². The third-order valence-corrected chi connectivity index (χ3v) is 15.1. The van der Waals surface area contributed by atoms with E-state index in [0.29, 0.717) is 23.9 Å². The van der Waals surface area contributed by atoms with Crippen LogP contribution < -0.4 is 10.2 Å². The molecule has 0 aliphatic rings. The topological polar surface area (TPSA) is 114 Å². The summed E-state index contributed by atoms with van der Waals surface area (Å²) in [6, 6.07) is -0.920. The number of likely N-dealkylation sites (N-methyl/N-ethyl adjacent to an activating group) is 1. The van der Waals surface area contributed by atoms with Crippen molar-refractivity contribution in [2.45, 2.75) is 283 Å². The highest BCUT2D eigenvalue weighted by Crippen LogP contribution is 2.38. The largest absolute Gasteiger partial charge is 0.756 e. The van der Waals surface area contributed by atoms with Crippen LogP contribution in [0.15, 0.2) is 122 Å². The number of phosphoric ester groups is 1. The molecule has 9 nitrogen and oxygen atoms in total. The first-order valence-electron chi connectivity index (χ1n) is 33.3. The first-order valence-corrected chi connectivity index (χ1v) is 34.8. The van der Waals surface area contributed by atoms with Crippen molar-refractivity contribution in [3.63, 3.8) is 0 Å².